The summed E-state index contributed by atoms with van der Waals surface area (Å²) in [5.74, 6) is 0. The van der Waals surface area contributed by atoms with E-state index in [1.54, 1.807) is 0 Å². The van der Waals surface area contributed by atoms with E-state index in [2.05, 4.69) is 59.6 Å². The summed E-state index contributed by atoms with van der Waals surface area (Å²) in [6, 6.07) is 19.2. The molecule has 3 rings (SSSR count). The van der Waals surface area contributed by atoms with Gasteiger partial charge >= 0.3 is 0 Å². The Balaban J connectivity index is 1.96. The molecule has 0 radical (unpaired) electrons. The van der Waals surface area contributed by atoms with Crippen LogP contribution in [0.5, 0.6) is 0 Å². The standard InChI is InChI=1S/C16H13N/c1-2-4-13(5-3-1)10-14-6-7-16-12-17-9-8-15(16)11-14/h1-9,11-12H,10H2. The predicted octanol–water partition coefficient (Wildman–Crippen LogP) is 3.83. The van der Waals surface area contributed by atoms with Crippen molar-refractivity contribution in [1.82, 2.24) is 4.98 Å². The molecule has 0 aliphatic heterocycles. The van der Waals surface area contributed by atoms with Crippen LogP contribution >= 0.6 is 0 Å². The number of rotatable bonds is 2. The fourth-order valence-electron chi connectivity index (χ4n) is 2.07. The van der Waals surface area contributed by atoms with Gasteiger partial charge in [-0.05, 0) is 29.0 Å². The molecule has 0 bridgehead atoms. The molecule has 3 aromatic rings. The van der Waals surface area contributed by atoms with Gasteiger partial charge in [-0.2, -0.15) is 0 Å². The van der Waals surface area contributed by atoms with Crippen molar-refractivity contribution in [3.05, 3.63) is 78.1 Å². The molecule has 0 spiro atoms. The number of hydrogen-bond donors (Lipinski definition) is 0. The fraction of sp³-hybridized carbons (Fsp3) is 0.0625. The number of aromatic nitrogens is 1. The summed E-state index contributed by atoms with van der Waals surface area (Å²) in [4.78, 5) is 4.13. The van der Waals surface area contributed by atoms with Gasteiger partial charge in [0.2, 0.25) is 0 Å². The second kappa shape index (κ2) is 4.38. The van der Waals surface area contributed by atoms with Crippen LogP contribution in [-0.2, 0) is 6.42 Å². The first-order valence-corrected chi connectivity index (χ1v) is 5.78. The van der Waals surface area contributed by atoms with Gasteiger partial charge in [0, 0.05) is 17.8 Å². The van der Waals surface area contributed by atoms with Crippen LogP contribution in [0.3, 0.4) is 0 Å². The normalized spacial score (nSPS) is 10.6. The van der Waals surface area contributed by atoms with Crippen LogP contribution in [0.1, 0.15) is 11.1 Å². The molecule has 1 nitrogen and oxygen atoms in total. The van der Waals surface area contributed by atoms with Gasteiger partial charge in [0.05, 0.1) is 0 Å². The van der Waals surface area contributed by atoms with Gasteiger partial charge in [0.15, 0.2) is 0 Å². The lowest BCUT2D eigenvalue weighted by molar-refractivity contribution is 1.20. The van der Waals surface area contributed by atoms with Crippen molar-refractivity contribution in [2.75, 3.05) is 0 Å². The average Bonchev–Trinajstić information content (AvgIpc) is 2.40. The molecular formula is C16H13N. The average molecular weight is 219 g/mol. The van der Waals surface area contributed by atoms with Crippen molar-refractivity contribution in [1.29, 1.82) is 0 Å². The Kier molecular flexibility index (Phi) is 2.59. The van der Waals surface area contributed by atoms with Gasteiger partial charge in [-0.3, -0.25) is 4.98 Å². The smallest absolute Gasteiger partial charge is 0.0346 e. The Morgan fingerprint density at radius 1 is 0.765 bits per heavy atom. The topological polar surface area (TPSA) is 12.9 Å². The Hall–Kier alpha value is -2.15. The number of benzene rings is 2. The zero-order valence-electron chi connectivity index (χ0n) is 9.51. The van der Waals surface area contributed by atoms with E-state index in [9.17, 15) is 0 Å². The Morgan fingerprint density at radius 3 is 2.53 bits per heavy atom. The van der Waals surface area contributed by atoms with E-state index >= 15 is 0 Å². The summed E-state index contributed by atoms with van der Waals surface area (Å²) in [7, 11) is 0. The summed E-state index contributed by atoms with van der Waals surface area (Å²) < 4.78 is 0. The maximum absolute atomic E-state index is 4.13. The third kappa shape index (κ3) is 2.18. The lowest BCUT2D eigenvalue weighted by atomic mass is 10.0. The van der Waals surface area contributed by atoms with Crippen molar-refractivity contribution in [2.45, 2.75) is 6.42 Å². The van der Waals surface area contributed by atoms with E-state index in [0.29, 0.717) is 0 Å². The number of nitrogens with zero attached hydrogens (tertiary/aromatic N) is 1. The highest BCUT2D eigenvalue weighted by Gasteiger charge is 1.98. The number of hydrogen-bond acceptors (Lipinski definition) is 1. The summed E-state index contributed by atoms with van der Waals surface area (Å²) in [5.41, 5.74) is 2.69. The Labute approximate surface area is 101 Å². The Bertz CT molecular complexity index is 629. The van der Waals surface area contributed by atoms with Crippen molar-refractivity contribution in [3.63, 3.8) is 0 Å². The molecule has 2 aromatic carbocycles. The summed E-state index contributed by atoms with van der Waals surface area (Å²) in [5, 5.41) is 2.46. The summed E-state index contributed by atoms with van der Waals surface area (Å²) >= 11 is 0. The first-order valence-electron chi connectivity index (χ1n) is 5.78. The van der Waals surface area contributed by atoms with Crippen molar-refractivity contribution in [2.24, 2.45) is 0 Å². The van der Waals surface area contributed by atoms with Crippen LogP contribution in [-0.4, -0.2) is 4.98 Å². The largest absolute Gasteiger partial charge is 0.264 e. The second-order valence-corrected chi connectivity index (χ2v) is 4.22. The first-order chi connectivity index (χ1) is 8.42. The van der Waals surface area contributed by atoms with Crippen LogP contribution in [0.2, 0.25) is 0 Å². The van der Waals surface area contributed by atoms with Crippen LogP contribution < -0.4 is 0 Å². The molecule has 17 heavy (non-hydrogen) atoms. The van der Waals surface area contributed by atoms with Crippen LogP contribution in [0.15, 0.2) is 67.0 Å². The van der Waals surface area contributed by atoms with Crippen LogP contribution in [0.4, 0.5) is 0 Å². The molecule has 82 valence electrons. The molecule has 0 saturated heterocycles. The molecule has 0 amide bonds. The highest BCUT2D eigenvalue weighted by atomic mass is 14.6. The van der Waals surface area contributed by atoms with Crippen molar-refractivity contribution in [3.8, 4) is 0 Å². The predicted molar refractivity (Wildman–Crippen MR) is 71.0 cm³/mol. The monoisotopic (exact) mass is 219 g/mol. The quantitative estimate of drug-likeness (QED) is 0.638. The number of fused-ring (bicyclic) bond motifs is 1. The minimum atomic E-state index is 0.985. The SMILES string of the molecule is c1ccc(Cc2ccc3cnccc3c2)cc1. The lowest BCUT2D eigenvalue weighted by Gasteiger charge is -2.03. The zero-order chi connectivity index (χ0) is 11.5. The fourth-order valence-corrected chi connectivity index (χ4v) is 2.07. The molecular weight excluding hydrogens is 206 g/mol. The summed E-state index contributed by atoms with van der Waals surface area (Å²) in [6.45, 7) is 0. The first kappa shape index (κ1) is 10.0. The van der Waals surface area contributed by atoms with Gasteiger partial charge in [0.25, 0.3) is 0 Å². The van der Waals surface area contributed by atoms with Gasteiger partial charge in [-0.15, -0.1) is 0 Å². The maximum atomic E-state index is 4.13. The molecule has 1 heteroatoms. The van der Waals surface area contributed by atoms with E-state index < -0.39 is 0 Å². The van der Waals surface area contributed by atoms with E-state index in [1.165, 1.54) is 21.9 Å². The van der Waals surface area contributed by atoms with Gasteiger partial charge in [-0.1, -0.05) is 48.5 Å². The van der Waals surface area contributed by atoms with E-state index in [-0.39, 0.29) is 0 Å². The van der Waals surface area contributed by atoms with Crippen molar-refractivity contribution >= 4 is 10.8 Å². The van der Waals surface area contributed by atoms with Crippen molar-refractivity contribution < 1.29 is 0 Å². The summed E-state index contributed by atoms with van der Waals surface area (Å²) in [6.07, 6.45) is 4.73. The highest BCUT2D eigenvalue weighted by Crippen LogP contribution is 2.17. The molecule has 0 fully saturated rings. The molecule has 0 atom stereocenters. The van der Waals surface area contributed by atoms with E-state index in [0.717, 1.165) is 6.42 Å². The van der Waals surface area contributed by atoms with Gasteiger partial charge < -0.3 is 0 Å². The lowest BCUT2D eigenvalue weighted by Crippen LogP contribution is -1.87. The molecule has 0 aliphatic carbocycles. The molecule has 0 saturated carbocycles. The second-order valence-electron chi connectivity index (χ2n) is 4.22. The third-order valence-corrected chi connectivity index (χ3v) is 2.96. The minimum Gasteiger partial charge on any atom is -0.264 e. The van der Waals surface area contributed by atoms with E-state index in [1.807, 2.05) is 12.4 Å². The van der Waals surface area contributed by atoms with Crippen LogP contribution in [0, 0.1) is 0 Å². The molecule has 0 unspecified atom stereocenters. The van der Waals surface area contributed by atoms with E-state index in [4.69, 9.17) is 0 Å². The molecule has 0 aliphatic rings. The Morgan fingerprint density at radius 2 is 1.65 bits per heavy atom. The molecule has 0 N–H and O–H groups in total. The molecule has 1 aromatic heterocycles. The van der Waals surface area contributed by atoms with Gasteiger partial charge in [-0.25, -0.2) is 0 Å². The highest BCUT2D eigenvalue weighted by molar-refractivity contribution is 5.82. The third-order valence-electron chi connectivity index (χ3n) is 2.96. The minimum absolute atomic E-state index is 0.985. The van der Waals surface area contributed by atoms with Gasteiger partial charge in [0.1, 0.15) is 0 Å². The molecule has 1 heterocycles. The zero-order valence-corrected chi connectivity index (χ0v) is 9.51. The van der Waals surface area contributed by atoms with Crippen LogP contribution in [0.25, 0.3) is 10.8 Å². The maximum Gasteiger partial charge on any atom is 0.0346 e. The number of pyridine rings is 1.